The molecule has 0 atom stereocenters. The summed E-state index contributed by atoms with van der Waals surface area (Å²) in [5.41, 5.74) is 1.21. The van der Waals surface area contributed by atoms with Crippen LogP contribution in [0.1, 0.15) is 27.0 Å². The highest BCUT2D eigenvalue weighted by Crippen LogP contribution is 2.43. The van der Waals surface area contributed by atoms with Gasteiger partial charge >= 0.3 is 12.1 Å². The van der Waals surface area contributed by atoms with Crippen LogP contribution in [0.15, 0.2) is 30.3 Å². The minimum absolute atomic E-state index is 0.0219. The average molecular weight is 314 g/mol. The van der Waals surface area contributed by atoms with E-state index >= 15 is 0 Å². The third kappa shape index (κ3) is 3.26. The van der Waals surface area contributed by atoms with Gasteiger partial charge in [-0.1, -0.05) is 24.3 Å². The highest BCUT2D eigenvalue weighted by atomic mass is 32.1. The molecule has 1 aromatic heterocycles. The molecule has 0 spiro atoms. The largest absolute Gasteiger partial charge is 0.462 e. The Labute approximate surface area is 124 Å². The van der Waals surface area contributed by atoms with E-state index in [2.05, 4.69) is 0 Å². The van der Waals surface area contributed by atoms with Gasteiger partial charge in [0.15, 0.2) is 0 Å². The molecule has 0 N–H and O–H groups in total. The Hall–Kier alpha value is -1.82. The molecule has 0 amide bonds. The summed E-state index contributed by atoms with van der Waals surface area (Å²) in [5, 5.41) is 0. The van der Waals surface area contributed by atoms with Gasteiger partial charge in [0, 0.05) is 5.56 Å². The van der Waals surface area contributed by atoms with E-state index in [4.69, 9.17) is 4.74 Å². The topological polar surface area (TPSA) is 26.3 Å². The summed E-state index contributed by atoms with van der Waals surface area (Å²) in [4.78, 5) is 10.9. The molecule has 0 radical (unpaired) electrons. The molecule has 1 heterocycles. The Balaban J connectivity index is 2.59. The summed E-state index contributed by atoms with van der Waals surface area (Å²) in [6.45, 7) is 3.47. The van der Waals surface area contributed by atoms with Crippen LogP contribution in [0.2, 0.25) is 0 Å². The predicted octanol–water partition coefficient (Wildman–Crippen LogP) is 4.92. The van der Waals surface area contributed by atoms with Crippen LogP contribution >= 0.6 is 11.3 Å². The highest BCUT2D eigenvalue weighted by molar-refractivity contribution is 7.14. The summed E-state index contributed by atoms with van der Waals surface area (Å²) in [5.74, 6) is -0.729. The van der Waals surface area contributed by atoms with Crippen molar-refractivity contribution in [3.63, 3.8) is 0 Å². The first kappa shape index (κ1) is 15.6. The Morgan fingerprint density at radius 2 is 1.90 bits per heavy atom. The Bertz CT molecular complexity index is 659. The minimum Gasteiger partial charge on any atom is -0.462 e. The third-order valence-electron chi connectivity index (χ3n) is 2.90. The van der Waals surface area contributed by atoms with E-state index in [0.717, 1.165) is 5.56 Å². The van der Waals surface area contributed by atoms with Gasteiger partial charge in [-0.05, 0) is 31.0 Å². The Morgan fingerprint density at radius 3 is 2.48 bits per heavy atom. The van der Waals surface area contributed by atoms with Gasteiger partial charge in [0.2, 0.25) is 0 Å². The number of ether oxygens (including phenoxy) is 1. The molecule has 1 aromatic carbocycles. The van der Waals surface area contributed by atoms with Crippen LogP contribution in [0.5, 0.6) is 0 Å². The van der Waals surface area contributed by atoms with Gasteiger partial charge in [-0.3, -0.25) is 0 Å². The summed E-state index contributed by atoms with van der Waals surface area (Å²) in [6.07, 6.45) is -4.51. The zero-order valence-corrected chi connectivity index (χ0v) is 12.3. The number of hydrogen-bond donors (Lipinski definition) is 0. The number of hydrogen-bond acceptors (Lipinski definition) is 3. The van der Waals surface area contributed by atoms with Crippen LogP contribution in [-0.2, 0) is 10.9 Å². The van der Waals surface area contributed by atoms with E-state index in [0.29, 0.717) is 16.9 Å². The second kappa shape index (κ2) is 5.89. The molecular weight excluding hydrogens is 301 g/mol. The molecule has 0 saturated heterocycles. The van der Waals surface area contributed by atoms with Crippen LogP contribution in [0.3, 0.4) is 0 Å². The van der Waals surface area contributed by atoms with E-state index in [1.165, 1.54) is 6.07 Å². The lowest BCUT2D eigenvalue weighted by molar-refractivity contribution is -0.133. The number of carbonyl (C=O) groups is 1. The van der Waals surface area contributed by atoms with Crippen LogP contribution in [-0.4, -0.2) is 12.6 Å². The second-order valence-electron chi connectivity index (χ2n) is 4.39. The first-order chi connectivity index (χ1) is 9.84. The molecular formula is C15H13F3O2S. The first-order valence-corrected chi connectivity index (χ1v) is 7.10. The first-order valence-electron chi connectivity index (χ1n) is 6.28. The fourth-order valence-corrected chi connectivity index (χ4v) is 2.91. The van der Waals surface area contributed by atoms with E-state index in [1.807, 2.05) is 0 Å². The van der Waals surface area contributed by atoms with Crippen LogP contribution in [0.25, 0.3) is 11.1 Å². The molecule has 0 aliphatic heterocycles. The van der Waals surface area contributed by atoms with Crippen LogP contribution in [0, 0.1) is 6.92 Å². The summed E-state index contributed by atoms with van der Waals surface area (Å²) >= 11 is 0.418. The van der Waals surface area contributed by atoms with E-state index in [9.17, 15) is 18.0 Å². The Kier molecular flexibility index (Phi) is 4.37. The monoisotopic (exact) mass is 314 g/mol. The molecule has 112 valence electrons. The molecule has 6 heteroatoms. The van der Waals surface area contributed by atoms with Crippen molar-refractivity contribution in [1.82, 2.24) is 0 Å². The smallest absolute Gasteiger partial charge is 0.426 e. The summed E-state index contributed by atoms with van der Waals surface area (Å²) in [6, 6.07) is 8.03. The molecule has 0 fully saturated rings. The van der Waals surface area contributed by atoms with Crippen molar-refractivity contribution in [2.24, 2.45) is 0 Å². The lowest BCUT2D eigenvalue weighted by Crippen LogP contribution is -2.04. The van der Waals surface area contributed by atoms with Crippen molar-refractivity contribution in [3.8, 4) is 11.1 Å². The molecule has 0 aliphatic carbocycles. The molecule has 0 bridgehead atoms. The number of carbonyl (C=O) groups excluding carboxylic acids is 1. The summed E-state index contributed by atoms with van der Waals surface area (Å²) < 4.78 is 44.3. The third-order valence-corrected chi connectivity index (χ3v) is 4.06. The quantitative estimate of drug-likeness (QED) is 0.752. The number of esters is 1. The molecule has 0 unspecified atom stereocenters. The van der Waals surface area contributed by atoms with Crippen molar-refractivity contribution in [2.45, 2.75) is 20.0 Å². The lowest BCUT2D eigenvalue weighted by atomic mass is 10.0. The van der Waals surface area contributed by atoms with Gasteiger partial charge in [0.05, 0.1) is 6.61 Å². The van der Waals surface area contributed by atoms with Gasteiger partial charge in [0.1, 0.15) is 9.75 Å². The number of alkyl halides is 3. The maximum absolute atomic E-state index is 13.2. The molecule has 2 rings (SSSR count). The number of halogens is 3. The molecule has 0 saturated carbocycles. The van der Waals surface area contributed by atoms with Gasteiger partial charge in [-0.15, -0.1) is 11.3 Å². The number of aryl methyl sites for hydroxylation is 1. The molecule has 21 heavy (non-hydrogen) atoms. The SMILES string of the molecule is CCOC(=O)c1cc(-c2ccccc2C)c(C(F)(F)F)s1. The van der Waals surface area contributed by atoms with Crippen molar-refractivity contribution in [1.29, 1.82) is 0 Å². The van der Waals surface area contributed by atoms with E-state index in [-0.39, 0.29) is 17.0 Å². The van der Waals surface area contributed by atoms with Crippen molar-refractivity contribution >= 4 is 17.3 Å². The maximum atomic E-state index is 13.2. The van der Waals surface area contributed by atoms with Crippen molar-refractivity contribution < 1.29 is 22.7 Å². The average Bonchev–Trinajstić information content (AvgIpc) is 2.84. The van der Waals surface area contributed by atoms with Gasteiger partial charge in [-0.2, -0.15) is 13.2 Å². The van der Waals surface area contributed by atoms with Crippen LogP contribution in [0.4, 0.5) is 13.2 Å². The normalized spacial score (nSPS) is 11.5. The fourth-order valence-electron chi connectivity index (χ4n) is 1.98. The molecule has 0 aliphatic rings. The summed E-state index contributed by atoms with van der Waals surface area (Å²) in [7, 11) is 0. The van der Waals surface area contributed by atoms with Crippen molar-refractivity contribution in [2.75, 3.05) is 6.61 Å². The lowest BCUT2D eigenvalue weighted by Gasteiger charge is -2.09. The van der Waals surface area contributed by atoms with Crippen LogP contribution < -0.4 is 0 Å². The van der Waals surface area contributed by atoms with Gasteiger partial charge < -0.3 is 4.74 Å². The standard InChI is InChI=1S/C15H13F3O2S/c1-3-20-14(19)12-8-11(13(21-12)15(16,17)18)10-7-5-4-6-9(10)2/h4-8H,3H2,1-2H3. The minimum atomic E-state index is -4.51. The Morgan fingerprint density at radius 1 is 1.24 bits per heavy atom. The molecule has 2 nitrogen and oxygen atoms in total. The number of thiophene rings is 1. The number of rotatable bonds is 3. The molecule has 2 aromatic rings. The zero-order valence-electron chi connectivity index (χ0n) is 11.5. The predicted molar refractivity (Wildman–Crippen MR) is 75.5 cm³/mol. The van der Waals surface area contributed by atoms with Crippen molar-refractivity contribution in [3.05, 3.63) is 45.6 Å². The van der Waals surface area contributed by atoms with E-state index < -0.39 is 17.0 Å². The fraction of sp³-hybridized carbons (Fsp3) is 0.267. The van der Waals surface area contributed by atoms with Gasteiger partial charge in [-0.25, -0.2) is 4.79 Å². The number of benzene rings is 1. The second-order valence-corrected chi connectivity index (χ2v) is 5.44. The van der Waals surface area contributed by atoms with Gasteiger partial charge in [0.25, 0.3) is 0 Å². The zero-order chi connectivity index (χ0) is 15.6. The maximum Gasteiger partial charge on any atom is 0.426 e. The van der Waals surface area contributed by atoms with E-state index in [1.54, 1.807) is 38.1 Å². The highest BCUT2D eigenvalue weighted by Gasteiger charge is 2.37.